The number of phenols is 1. The van der Waals surface area contributed by atoms with Gasteiger partial charge in [0.05, 0.1) is 5.92 Å². The number of rotatable bonds is 4. The van der Waals surface area contributed by atoms with Crippen molar-refractivity contribution in [1.82, 2.24) is 5.32 Å². The van der Waals surface area contributed by atoms with Crippen LogP contribution in [-0.2, 0) is 4.79 Å². The summed E-state index contributed by atoms with van der Waals surface area (Å²) >= 11 is 0. The highest BCUT2D eigenvalue weighted by Gasteiger charge is 2.18. The lowest BCUT2D eigenvalue weighted by atomic mass is 9.99. The molecule has 0 bridgehead atoms. The Morgan fingerprint density at radius 3 is 2.43 bits per heavy atom. The fraction of sp³-hybridized carbons (Fsp3) is 0.300. The smallest absolute Gasteiger partial charge is 0.312 e. The minimum absolute atomic E-state index is 0.141. The first-order chi connectivity index (χ1) is 6.65. The molecule has 0 amide bonds. The largest absolute Gasteiger partial charge is 0.508 e. The molecule has 0 aliphatic rings. The Labute approximate surface area is 82.2 Å². The molecule has 0 saturated heterocycles. The number of carboxylic acids is 1. The minimum Gasteiger partial charge on any atom is -0.508 e. The summed E-state index contributed by atoms with van der Waals surface area (Å²) in [6, 6.07) is 6.21. The molecule has 0 saturated carbocycles. The average molecular weight is 195 g/mol. The maximum absolute atomic E-state index is 10.9. The molecule has 3 N–H and O–H groups in total. The van der Waals surface area contributed by atoms with Crippen LogP contribution in [0.4, 0.5) is 0 Å². The van der Waals surface area contributed by atoms with Crippen LogP contribution in [0.5, 0.6) is 5.75 Å². The second-order valence-electron chi connectivity index (χ2n) is 3.04. The van der Waals surface area contributed by atoms with Crippen LogP contribution in [0.1, 0.15) is 11.5 Å². The normalized spacial score (nSPS) is 12.4. The summed E-state index contributed by atoms with van der Waals surface area (Å²) in [4.78, 5) is 10.9. The van der Waals surface area contributed by atoms with Gasteiger partial charge in [0, 0.05) is 6.54 Å². The quantitative estimate of drug-likeness (QED) is 0.664. The summed E-state index contributed by atoms with van der Waals surface area (Å²) in [6.45, 7) is 0.375. The Morgan fingerprint density at radius 2 is 2.00 bits per heavy atom. The van der Waals surface area contributed by atoms with Gasteiger partial charge >= 0.3 is 5.97 Å². The van der Waals surface area contributed by atoms with Gasteiger partial charge in [-0.05, 0) is 24.7 Å². The fourth-order valence-electron chi connectivity index (χ4n) is 1.26. The molecule has 4 heteroatoms. The van der Waals surface area contributed by atoms with E-state index in [1.165, 1.54) is 12.1 Å². The van der Waals surface area contributed by atoms with Crippen molar-refractivity contribution in [3.05, 3.63) is 29.8 Å². The third kappa shape index (κ3) is 2.47. The summed E-state index contributed by atoms with van der Waals surface area (Å²) in [5, 5.41) is 20.8. The molecule has 1 aromatic rings. The van der Waals surface area contributed by atoms with E-state index in [4.69, 9.17) is 10.2 Å². The molecule has 0 spiro atoms. The van der Waals surface area contributed by atoms with E-state index in [1.807, 2.05) is 0 Å². The van der Waals surface area contributed by atoms with E-state index < -0.39 is 11.9 Å². The van der Waals surface area contributed by atoms with Crippen LogP contribution in [-0.4, -0.2) is 29.8 Å². The van der Waals surface area contributed by atoms with Crippen LogP contribution in [0.15, 0.2) is 24.3 Å². The minimum atomic E-state index is -0.870. The standard InChI is InChI=1S/C10H13NO3/c1-11-6-9(10(13)14)7-2-4-8(12)5-3-7/h2-5,9,11-12H,6H2,1H3,(H,13,14). The lowest BCUT2D eigenvalue weighted by Crippen LogP contribution is -2.23. The van der Waals surface area contributed by atoms with Gasteiger partial charge < -0.3 is 15.5 Å². The van der Waals surface area contributed by atoms with Crippen molar-refractivity contribution < 1.29 is 15.0 Å². The summed E-state index contributed by atoms with van der Waals surface area (Å²) in [5.74, 6) is -1.30. The Hall–Kier alpha value is -1.55. The zero-order chi connectivity index (χ0) is 10.6. The lowest BCUT2D eigenvalue weighted by Gasteiger charge is -2.11. The van der Waals surface area contributed by atoms with Crippen LogP contribution < -0.4 is 5.32 Å². The molecular weight excluding hydrogens is 182 g/mol. The molecule has 0 radical (unpaired) electrons. The van der Waals surface area contributed by atoms with Gasteiger partial charge in [-0.1, -0.05) is 12.1 Å². The van der Waals surface area contributed by atoms with E-state index in [9.17, 15) is 4.79 Å². The average Bonchev–Trinajstić information content (AvgIpc) is 2.15. The molecule has 0 aliphatic heterocycles. The predicted octanol–water partition coefficient (Wildman–Crippen LogP) is 0.780. The van der Waals surface area contributed by atoms with Crippen molar-refractivity contribution in [2.24, 2.45) is 0 Å². The third-order valence-corrected chi connectivity index (χ3v) is 2.00. The molecule has 14 heavy (non-hydrogen) atoms. The SMILES string of the molecule is CNCC(C(=O)O)c1ccc(O)cc1. The third-order valence-electron chi connectivity index (χ3n) is 2.00. The number of aliphatic carboxylic acids is 1. The topological polar surface area (TPSA) is 69.6 Å². The molecule has 1 aromatic carbocycles. The van der Waals surface area contributed by atoms with Gasteiger partial charge in [0.25, 0.3) is 0 Å². The van der Waals surface area contributed by atoms with Crippen molar-refractivity contribution in [1.29, 1.82) is 0 Å². The molecule has 1 rings (SSSR count). The number of hydrogen-bond acceptors (Lipinski definition) is 3. The predicted molar refractivity (Wildman–Crippen MR) is 52.4 cm³/mol. The number of likely N-dealkylation sites (N-methyl/N-ethyl adjacent to an activating group) is 1. The van der Waals surface area contributed by atoms with Crippen molar-refractivity contribution >= 4 is 5.97 Å². The monoisotopic (exact) mass is 195 g/mol. The maximum atomic E-state index is 10.9. The van der Waals surface area contributed by atoms with Crippen LogP contribution in [0, 0.1) is 0 Å². The van der Waals surface area contributed by atoms with Crippen molar-refractivity contribution in [2.45, 2.75) is 5.92 Å². The van der Waals surface area contributed by atoms with Gasteiger partial charge in [0.15, 0.2) is 0 Å². The highest BCUT2D eigenvalue weighted by molar-refractivity contribution is 5.76. The van der Waals surface area contributed by atoms with E-state index in [0.717, 1.165) is 0 Å². The number of benzene rings is 1. The van der Waals surface area contributed by atoms with E-state index in [0.29, 0.717) is 12.1 Å². The number of carbonyl (C=O) groups is 1. The second kappa shape index (κ2) is 4.62. The van der Waals surface area contributed by atoms with E-state index in [1.54, 1.807) is 19.2 Å². The zero-order valence-electron chi connectivity index (χ0n) is 7.90. The Morgan fingerprint density at radius 1 is 1.43 bits per heavy atom. The number of nitrogens with one attached hydrogen (secondary N) is 1. The molecule has 4 nitrogen and oxygen atoms in total. The molecular formula is C10H13NO3. The van der Waals surface area contributed by atoms with Gasteiger partial charge in [-0.3, -0.25) is 4.79 Å². The van der Waals surface area contributed by atoms with Gasteiger partial charge in [-0.15, -0.1) is 0 Å². The summed E-state index contributed by atoms with van der Waals surface area (Å²) < 4.78 is 0. The highest BCUT2D eigenvalue weighted by Crippen LogP contribution is 2.18. The number of aromatic hydroxyl groups is 1. The van der Waals surface area contributed by atoms with Crippen LogP contribution in [0.2, 0.25) is 0 Å². The molecule has 0 aromatic heterocycles. The van der Waals surface area contributed by atoms with Crippen LogP contribution in [0.3, 0.4) is 0 Å². The molecule has 1 unspecified atom stereocenters. The Bertz CT molecular complexity index is 308. The zero-order valence-corrected chi connectivity index (χ0v) is 7.90. The maximum Gasteiger partial charge on any atom is 0.312 e. The van der Waals surface area contributed by atoms with Gasteiger partial charge in [-0.2, -0.15) is 0 Å². The van der Waals surface area contributed by atoms with Crippen molar-refractivity contribution in [3.8, 4) is 5.75 Å². The first-order valence-electron chi connectivity index (χ1n) is 4.31. The van der Waals surface area contributed by atoms with E-state index in [-0.39, 0.29) is 5.75 Å². The summed E-state index contributed by atoms with van der Waals surface area (Å²) in [5.41, 5.74) is 0.685. The summed E-state index contributed by atoms with van der Waals surface area (Å²) in [7, 11) is 1.70. The van der Waals surface area contributed by atoms with E-state index >= 15 is 0 Å². The number of hydrogen-bond donors (Lipinski definition) is 3. The molecule has 1 atom stereocenters. The lowest BCUT2D eigenvalue weighted by molar-refractivity contribution is -0.138. The summed E-state index contributed by atoms with van der Waals surface area (Å²) in [6.07, 6.45) is 0. The Balaban J connectivity index is 2.87. The first-order valence-corrected chi connectivity index (χ1v) is 4.31. The molecule has 0 aliphatic carbocycles. The van der Waals surface area contributed by atoms with Crippen molar-refractivity contribution in [3.63, 3.8) is 0 Å². The molecule has 76 valence electrons. The number of phenolic OH excluding ortho intramolecular Hbond substituents is 1. The number of carboxylic acid groups (broad SMARTS) is 1. The van der Waals surface area contributed by atoms with Crippen LogP contribution >= 0.6 is 0 Å². The first kappa shape index (κ1) is 10.5. The molecule has 0 fully saturated rings. The fourth-order valence-corrected chi connectivity index (χ4v) is 1.26. The van der Waals surface area contributed by atoms with Gasteiger partial charge in [0.1, 0.15) is 5.75 Å². The van der Waals surface area contributed by atoms with E-state index in [2.05, 4.69) is 5.32 Å². The van der Waals surface area contributed by atoms with Crippen LogP contribution in [0.25, 0.3) is 0 Å². The van der Waals surface area contributed by atoms with Gasteiger partial charge in [-0.25, -0.2) is 0 Å². The van der Waals surface area contributed by atoms with Crippen molar-refractivity contribution in [2.75, 3.05) is 13.6 Å². The highest BCUT2D eigenvalue weighted by atomic mass is 16.4. The Kier molecular flexibility index (Phi) is 3.48. The second-order valence-corrected chi connectivity index (χ2v) is 3.04. The van der Waals surface area contributed by atoms with Gasteiger partial charge in [0.2, 0.25) is 0 Å². The molecule has 0 heterocycles.